The van der Waals surface area contributed by atoms with Gasteiger partial charge in [-0.3, -0.25) is 9.10 Å². The molecule has 2 rings (SSSR count). The maximum Gasteiger partial charge on any atom is 0.244 e. The first-order chi connectivity index (χ1) is 13.0. The fourth-order valence-electron chi connectivity index (χ4n) is 3.32. The molecule has 0 spiro atoms. The van der Waals surface area contributed by atoms with E-state index in [-0.39, 0.29) is 11.9 Å². The molecule has 0 radical (unpaired) electrons. The minimum absolute atomic E-state index is 0.341. The van der Waals surface area contributed by atoms with Crippen LogP contribution in [-0.4, -0.2) is 33.7 Å². The summed E-state index contributed by atoms with van der Waals surface area (Å²) < 4.78 is 31.5. The molecule has 0 bridgehead atoms. The van der Waals surface area contributed by atoms with Crippen LogP contribution in [-0.2, 0) is 14.8 Å². The zero-order valence-electron chi connectivity index (χ0n) is 17.2. The summed E-state index contributed by atoms with van der Waals surface area (Å²) in [5.41, 5.74) is 3.16. The van der Waals surface area contributed by atoms with Crippen LogP contribution in [0.4, 0.5) is 5.69 Å². The van der Waals surface area contributed by atoms with E-state index in [0.717, 1.165) is 27.3 Å². The highest BCUT2D eigenvalue weighted by Gasteiger charge is 2.30. The Balaban J connectivity index is 2.31. The van der Waals surface area contributed by atoms with Gasteiger partial charge >= 0.3 is 0 Å². The lowest BCUT2D eigenvalue weighted by Crippen LogP contribution is -2.48. The van der Waals surface area contributed by atoms with Crippen LogP contribution in [0.15, 0.2) is 42.5 Å². The second-order valence-corrected chi connectivity index (χ2v) is 8.91. The van der Waals surface area contributed by atoms with Gasteiger partial charge in [-0.1, -0.05) is 24.3 Å². The smallest absolute Gasteiger partial charge is 0.244 e. The monoisotopic (exact) mass is 404 g/mol. The number of hydrogen-bond acceptors (Lipinski definition) is 4. The number of aryl methyl sites for hydroxylation is 2. The number of ether oxygens (including phenoxy) is 1. The average molecular weight is 405 g/mol. The number of sulfonamides is 1. The summed E-state index contributed by atoms with van der Waals surface area (Å²) >= 11 is 0. The number of rotatable bonds is 7. The van der Waals surface area contributed by atoms with Crippen molar-refractivity contribution < 1.29 is 17.9 Å². The van der Waals surface area contributed by atoms with Gasteiger partial charge in [-0.15, -0.1) is 0 Å². The van der Waals surface area contributed by atoms with Crippen LogP contribution in [0, 0.1) is 13.8 Å². The van der Waals surface area contributed by atoms with E-state index in [0.29, 0.717) is 11.4 Å². The predicted molar refractivity (Wildman–Crippen MR) is 112 cm³/mol. The maximum atomic E-state index is 12.9. The molecule has 28 heavy (non-hydrogen) atoms. The quantitative estimate of drug-likeness (QED) is 0.768. The largest absolute Gasteiger partial charge is 0.496 e. The molecule has 0 saturated carbocycles. The molecule has 0 aromatic heterocycles. The number of benzene rings is 2. The highest BCUT2D eigenvalue weighted by Crippen LogP contribution is 2.26. The summed E-state index contributed by atoms with van der Waals surface area (Å²) in [4.78, 5) is 12.9. The number of nitrogens with zero attached hydrogens (tertiary/aromatic N) is 1. The lowest BCUT2D eigenvalue weighted by atomic mass is 10.1. The standard InChI is InChI=1S/C21H28N2O4S/c1-14-11-15(2)13-18(12-14)23(28(6,25)26)17(4)21(24)22-16(3)19-9-7-8-10-20(19)27-5/h7-13,16-17H,1-6H3,(H,22,24)/t16-,17+/m1/s1. The number of anilines is 1. The Morgan fingerprint density at radius 1 is 1.07 bits per heavy atom. The molecular weight excluding hydrogens is 376 g/mol. The van der Waals surface area contributed by atoms with E-state index < -0.39 is 16.1 Å². The van der Waals surface area contributed by atoms with Gasteiger partial charge in [0.05, 0.1) is 25.1 Å². The minimum Gasteiger partial charge on any atom is -0.496 e. The lowest BCUT2D eigenvalue weighted by Gasteiger charge is -2.30. The Labute approximate surface area is 167 Å². The predicted octanol–water partition coefficient (Wildman–Crippen LogP) is 3.34. The third kappa shape index (κ3) is 5.04. The normalized spacial score (nSPS) is 13.5. The molecule has 2 aromatic rings. The van der Waals surface area contributed by atoms with Crippen LogP contribution < -0.4 is 14.4 Å². The van der Waals surface area contributed by atoms with Crippen LogP contribution in [0.5, 0.6) is 5.75 Å². The van der Waals surface area contributed by atoms with Crippen LogP contribution in [0.25, 0.3) is 0 Å². The number of amides is 1. The van der Waals surface area contributed by atoms with Crippen LogP contribution >= 0.6 is 0 Å². The first-order valence-electron chi connectivity index (χ1n) is 9.05. The number of carbonyl (C=O) groups is 1. The minimum atomic E-state index is -3.66. The van der Waals surface area contributed by atoms with Crippen molar-refractivity contribution in [1.82, 2.24) is 5.32 Å². The van der Waals surface area contributed by atoms with Gasteiger partial charge in [-0.2, -0.15) is 0 Å². The van der Waals surface area contributed by atoms with Crippen molar-refractivity contribution in [3.63, 3.8) is 0 Å². The first-order valence-corrected chi connectivity index (χ1v) is 10.9. The molecule has 0 fully saturated rings. The SMILES string of the molecule is COc1ccccc1[C@@H](C)NC(=O)[C@H](C)N(c1cc(C)cc(C)c1)S(C)(=O)=O. The Morgan fingerprint density at radius 2 is 1.64 bits per heavy atom. The summed E-state index contributed by atoms with van der Waals surface area (Å²) in [5, 5.41) is 2.90. The molecular formula is C21H28N2O4S. The Kier molecular flexibility index (Phi) is 6.72. The van der Waals surface area contributed by atoms with E-state index in [1.54, 1.807) is 26.2 Å². The highest BCUT2D eigenvalue weighted by molar-refractivity contribution is 7.92. The highest BCUT2D eigenvalue weighted by atomic mass is 32.2. The fourth-order valence-corrected chi connectivity index (χ4v) is 4.48. The van der Waals surface area contributed by atoms with Crippen molar-refractivity contribution in [3.05, 3.63) is 59.2 Å². The van der Waals surface area contributed by atoms with Gasteiger partial charge in [0.15, 0.2) is 0 Å². The number of carbonyl (C=O) groups excluding carboxylic acids is 1. The molecule has 1 amide bonds. The van der Waals surface area contributed by atoms with Crippen LogP contribution in [0.1, 0.15) is 36.6 Å². The molecule has 1 N–H and O–H groups in total. The number of hydrogen-bond donors (Lipinski definition) is 1. The average Bonchev–Trinajstić information content (AvgIpc) is 2.59. The summed E-state index contributed by atoms with van der Waals surface area (Å²) in [6.07, 6.45) is 1.11. The molecule has 7 heteroatoms. The first kappa shape index (κ1) is 21.8. The van der Waals surface area contributed by atoms with Gasteiger partial charge in [-0.05, 0) is 57.0 Å². The van der Waals surface area contributed by atoms with Gasteiger partial charge in [0.25, 0.3) is 0 Å². The van der Waals surface area contributed by atoms with Crippen LogP contribution in [0.2, 0.25) is 0 Å². The second-order valence-electron chi connectivity index (χ2n) is 7.05. The summed E-state index contributed by atoms with van der Waals surface area (Å²) in [5.74, 6) is 0.278. The molecule has 2 atom stereocenters. The van der Waals surface area contributed by atoms with Gasteiger partial charge in [0.1, 0.15) is 11.8 Å². The molecule has 0 unspecified atom stereocenters. The summed E-state index contributed by atoms with van der Waals surface area (Å²) in [6.45, 7) is 7.21. The molecule has 6 nitrogen and oxygen atoms in total. The number of methoxy groups -OCH3 is 1. The van der Waals surface area contributed by atoms with Crippen LogP contribution in [0.3, 0.4) is 0 Å². The van der Waals surface area contributed by atoms with E-state index in [9.17, 15) is 13.2 Å². The second kappa shape index (κ2) is 8.65. The van der Waals surface area contributed by atoms with E-state index in [1.807, 2.05) is 51.1 Å². The molecule has 2 aromatic carbocycles. The van der Waals surface area contributed by atoms with Crippen molar-refractivity contribution in [1.29, 1.82) is 0 Å². The molecule has 0 aliphatic carbocycles. The van der Waals surface area contributed by atoms with Gasteiger partial charge < -0.3 is 10.1 Å². The van der Waals surface area contributed by atoms with E-state index >= 15 is 0 Å². The van der Waals surface area contributed by atoms with Crippen molar-refractivity contribution in [2.45, 2.75) is 39.8 Å². The third-order valence-electron chi connectivity index (χ3n) is 4.51. The summed E-state index contributed by atoms with van der Waals surface area (Å²) in [7, 11) is -2.09. The molecule has 0 heterocycles. The zero-order chi connectivity index (χ0) is 21.1. The third-order valence-corrected chi connectivity index (χ3v) is 5.76. The van der Waals surface area contributed by atoms with Crippen molar-refractivity contribution >= 4 is 21.6 Å². The molecule has 152 valence electrons. The molecule has 0 aliphatic heterocycles. The maximum absolute atomic E-state index is 12.9. The van der Waals surface area contributed by atoms with E-state index in [4.69, 9.17) is 4.74 Å². The van der Waals surface area contributed by atoms with Gasteiger partial charge in [0, 0.05) is 5.56 Å². The van der Waals surface area contributed by atoms with Crippen molar-refractivity contribution in [2.75, 3.05) is 17.7 Å². The number of nitrogens with one attached hydrogen (secondary N) is 1. The van der Waals surface area contributed by atoms with E-state index in [2.05, 4.69) is 5.32 Å². The topological polar surface area (TPSA) is 75.7 Å². The Hall–Kier alpha value is -2.54. The number of para-hydroxylation sites is 1. The molecule has 0 saturated heterocycles. The fraction of sp³-hybridized carbons (Fsp3) is 0.381. The van der Waals surface area contributed by atoms with Gasteiger partial charge in [0.2, 0.25) is 15.9 Å². The Morgan fingerprint density at radius 3 is 2.18 bits per heavy atom. The lowest BCUT2D eigenvalue weighted by molar-refractivity contribution is -0.122. The zero-order valence-corrected chi connectivity index (χ0v) is 18.0. The molecule has 0 aliphatic rings. The Bertz CT molecular complexity index is 936. The van der Waals surface area contributed by atoms with Crippen molar-refractivity contribution in [2.24, 2.45) is 0 Å². The van der Waals surface area contributed by atoms with Gasteiger partial charge in [-0.25, -0.2) is 8.42 Å². The summed E-state index contributed by atoms with van der Waals surface area (Å²) in [6, 6.07) is 11.6. The van der Waals surface area contributed by atoms with Crippen molar-refractivity contribution in [3.8, 4) is 5.75 Å². The van der Waals surface area contributed by atoms with E-state index in [1.165, 1.54) is 0 Å².